The van der Waals surface area contributed by atoms with Crippen molar-refractivity contribution in [2.75, 3.05) is 20.2 Å². The van der Waals surface area contributed by atoms with Gasteiger partial charge in [-0.3, -0.25) is 9.59 Å². The number of carbonyl (C=O) groups is 2. The average Bonchev–Trinajstić information content (AvgIpc) is 3.34. The second-order valence-corrected chi connectivity index (χ2v) is 8.37. The van der Waals surface area contributed by atoms with E-state index < -0.39 is 0 Å². The number of hydrogen-bond acceptors (Lipinski definition) is 5. The molecule has 1 aliphatic carbocycles. The molecule has 0 spiro atoms. The highest BCUT2D eigenvalue weighted by molar-refractivity contribution is 7.18. The number of thiazole rings is 1. The summed E-state index contributed by atoms with van der Waals surface area (Å²) in [5.74, 6) is 0.00648. The second kappa shape index (κ2) is 7.35. The summed E-state index contributed by atoms with van der Waals surface area (Å²) in [6.45, 7) is 1.15. The maximum Gasteiger partial charge on any atom is 0.310 e. The highest BCUT2D eigenvalue weighted by atomic mass is 32.1. The minimum atomic E-state index is -0.202. The Hall–Kier alpha value is -1.95. The van der Waals surface area contributed by atoms with Crippen molar-refractivity contribution in [1.82, 2.24) is 9.88 Å². The summed E-state index contributed by atoms with van der Waals surface area (Å²) < 4.78 is 6.03. The minimum absolute atomic E-state index is 0.0132. The van der Waals surface area contributed by atoms with Gasteiger partial charge in [0, 0.05) is 24.9 Å². The molecule has 2 heterocycles. The number of ether oxygens (including phenoxy) is 1. The lowest BCUT2D eigenvalue weighted by molar-refractivity contribution is -0.145. The maximum absolute atomic E-state index is 13.2. The number of carbonyl (C=O) groups excluding carboxylic acids is 2. The molecule has 6 heteroatoms. The molecule has 3 atom stereocenters. The van der Waals surface area contributed by atoms with Gasteiger partial charge in [0.2, 0.25) is 5.91 Å². The van der Waals surface area contributed by atoms with E-state index in [1.807, 2.05) is 23.1 Å². The van der Waals surface area contributed by atoms with Crippen LogP contribution in [0.5, 0.6) is 0 Å². The lowest BCUT2D eigenvalue weighted by atomic mass is 9.78. The number of aromatic nitrogens is 1. The Morgan fingerprint density at radius 3 is 2.81 bits per heavy atom. The number of esters is 1. The average molecular weight is 372 g/mol. The minimum Gasteiger partial charge on any atom is -0.469 e. The summed E-state index contributed by atoms with van der Waals surface area (Å²) >= 11 is 1.72. The number of rotatable bonds is 3. The van der Waals surface area contributed by atoms with Crippen molar-refractivity contribution in [2.45, 2.75) is 38.0 Å². The maximum atomic E-state index is 13.2. The molecule has 1 aliphatic heterocycles. The molecule has 1 saturated heterocycles. The number of nitrogens with zero attached hydrogens (tertiary/aromatic N) is 2. The quantitative estimate of drug-likeness (QED) is 0.773. The predicted molar refractivity (Wildman–Crippen MR) is 101 cm³/mol. The molecule has 0 radical (unpaired) electrons. The zero-order chi connectivity index (χ0) is 18.1. The third kappa shape index (κ3) is 3.22. The summed E-state index contributed by atoms with van der Waals surface area (Å²) in [5, 5.41) is 1.09. The van der Waals surface area contributed by atoms with Crippen LogP contribution in [0.4, 0.5) is 0 Å². The van der Waals surface area contributed by atoms with Gasteiger partial charge in [-0.2, -0.15) is 0 Å². The highest BCUT2D eigenvalue weighted by Gasteiger charge is 2.39. The smallest absolute Gasteiger partial charge is 0.310 e. The van der Waals surface area contributed by atoms with Gasteiger partial charge in [0.05, 0.1) is 28.3 Å². The second-order valence-electron chi connectivity index (χ2n) is 7.31. The first-order chi connectivity index (χ1) is 12.7. The zero-order valence-electron chi connectivity index (χ0n) is 15.0. The molecule has 1 saturated carbocycles. The Morgan fingerprint density at radius 1 is 1.19 bits per heavy atom. The fourth-order valence-electron chi connectivity index (χ4n) is 4.32. The van der Waals surface area contributed by atoms with Gasteiger partial charge >= 0.3 is 5.97 Å². The standard InChI is InChI=1S/C20H24N2O3S/c1-25-20(24)13-10-11-22(12-13)19(23)15-7-3-2-6-14(15)18-21-16-8-4-5-9-17(16)26-18/h4-5,8-9,13-15H,2-3,6-7,10-12H2,1H3/t13-,14+,15+/m1/s1. The van der Waals surface area contributed by atoms with Gasteiger partial charge in [0.1, 0.15) is 0 Å². The molecule has 1 amide bonds. The summed E-state index contributed by atoms with van der Waals surface area (Å²) in [7, 11) is 1.41. The normalized spacial score (nSPS) is 26.2. The van der Waals surface area contributed by atoms with Gasteiger partial charge in [-0.05, 0) is 31.4 Å². The van der Waals surface area contributed by atoms with Crippen LogP contribution >= 0.6 is 11.3 Å². The van der Waals surface area contributed by atoms with E-state index in [1.165, 1.54) is 11.8 Å². The van der Waals surface area contributed by atoms with Crippen LogP contribution < -0.4 is 0 Å². The molecular weight excluding hydrogens is 348 g/mol. The lowest BCUT2D eigenvalue weighted by Crippen LogP contribution is -2.39. The van der Waals surface area contributed by atoms with Crippen molar-refractivity contribution in [2.24, 2.45) is 11.8 Å². The van der Waals surface area contributed by atoms with Crippen LogP contribution in [0.2, 0.25) is 0 Å². The van der Waals surface area contributed by atoms with E-state index in [0.29, 0.717) is 19.5 Å². The number of amides is 1. The van der Waals surface area contributed by atoms with E-state index in [-0.39, 0.29) is 29.6 Å². The van der Waals surface area contributed by atoms with E-state index in [0.717, 1.165) is 36.2 Å². The summed E-state index contributed by atoms with van der Waals surface area (Å²) in [5.41, 5.74) is 1.02. The van der Waals surface area contributed by atoms with Gasteiger partial charge in [-0.15, -0.1) is 11.3 Å². The molecule has 0 bridgehead atoms. The molecule has 2 fully saturated rings. The molecule has 138 valence electrons. The fourth-order valence-corrected chi connectivity index (χ4v) is 5.49. The molecule has 0 N–H and O–H groups in total. The van der Waals surface area contributed by atoms with Crippen molar-refractivity contribution < 1.29 is 14.3 Å². The van der Waals surface area contributed by atoms with E-state index in [9.17, 15) is 9.59 Å². The van der Waals surface area contributed by atoms with Crippen LogP contribution in [0.3, 0.4) is 0 Å². The molecule has 1 aromatic carbocycles. The molecule has 0 unspecified atom stereocenters. The van der Waals surface area contributed by atoms with Crippen LogP contribution in [0.1, 0.15) is 43.0 Å². The Labute approximate surface area is 157 Å². The first-order valence-electron chi connectivity index (χ1n) is 9.39. The van der Waals surface area contributed by atoms with Crippen LogP contribution in [0.25, 0.3) is 10.2 Å². The van der Waals surface area contributed by atoms with Crippen molar-refractivity contribution in [3.8, 4) is 0 Å². The number of benzene rings is 1. The van der Waals surface area contributed by atoms with Crippen LogP contribution in [-0.2, 0) is 14.3 Å². The Morgan fingerprint density at radius 2 is 2.00 bits per heavy atom. The van der Waals surface area contributed by atoms with E-state index >= 15 is 0 Å². The molecule has 4 rings (SSSR count). The SMILES string of the molecule is COC(=O)[C@@H]1CCN(C(=O)[C@H]2CCCC[C@@H]2c2nc3ccccc3s2)C1. The Balaban J connectivity index is 1.54. The van der Waals surface area contributed by atoms with E-state index in [2.05, 4.69) is 6.07 Å². The monoisotopic (exact) mass is 372 g/mol. The van der Waals surface area contributed by atoms with Gasteiger partial charge in [0.15, 0.2) is 0 Å². The highest BCUT2D eigenvalue weighted by Crippen LogP contribution is 2.42. The van der Waals surface area contributed by atoms with Crippen molar-refractivity contribution in [3.63, 3.8) is 0 Å². The third-order valence-electron chi connectivity index (χ3n) is 5.75. The molecule has 2 aliphatic rings. The van der Waals surface area contributed by atoms with E-state index in [4.69, 9.17) is 9.72 Å². The Bertz CT molecular complexity index is 785. The summed E-state index contributed by atoms with van der Waals surface area (Å²) in [4.78, 5) is 31.7. The molecule has 26 heavy (non-hydrogen) atoms. The third-order valence-corrected chi connectivity index (χ3v) is 6.91. The van der Waals surface area contributed by atoms with E-state index in [1.54, 1.807) is 11.3 Å². The number of fused-ring (bicyclic) bond motifs is 1. The zero-order valence-corrected chi connectivity index (χ0v) is 15.8. The summed E-state index contributed by atoms with van der Waals surface area (Å²) in [6, 6.07) is 8.17. The first-order valence-corrected chi connectivity index (χ1v) is 10.2. The number of para-hydroxylation sites is 1. The molecule has 5 nitrogen and oxygen atoms in total. The van der Waals surface area contributed by atoms with Gasteiger partial charge in [0.25, 0.3) is 0 Å². The number of likely N-dealkylation sites (tertiary alicyclic amines) is 1. The molecular formula is C20H24N2O3S. The number of hydrogen-bond donors (Lipinski definition) is 0. The van der Waals surface area contributed by atoms with Gasteiger partial charge in [-0.1, -0.05) is 25.0 Å². The topological polar surface area (TPSA) is 59.5 Å². The van der Waals surface area contributed by atoms with Crippen molar-refractivity contribution in [3.05, 3.63) is 29.3 Å². The predicted octanol–water partition coefficient (Wildman–Crippen LogP) is 3.59. The Kier molecular flexibility index (Phi) is 4.94. The van der Waals surface area contributed by atoms with Crippen LogP contribution in [0, 0.1) is 11.8 Å². The van der Waals surface area contributed by atoms with Crippen LogP contribution in [-0.4, -0.2) is 42.0 Å². The van der Waals surface area contributed by atoms with Crippen molar-refractivity contribution >= 4 is 33.4 Å². The summed E-state index contributed by atoms with van der Waals surface area (Å²) in [6.07, 6.45) is 4.88. The van der Waals surface area contributed by atoms with Gasteiger partial charge < -0.3 is 9.64 Å². The lowest BCUT2D eigenvalue weighted by Gasteiger charge is -2.32. The van der Waals surface area contributed by atoms with Gasteiger partial charge in [-0.25, -0.2) is 4.98 Å². The molecule has 1 aromatic heterocycles. The largest absolute Gasteiger partial charge is 0.469 e. The number of methoxy groups -OCH3 is 1. The fraction of sp³-hybridized carbons (Fsp3) is 0.550. The van der Waals surface area contributed by atoms with Crippen LogP contribution in [0.15, 0.2) is 24.3 Å². The molecule has 2 aromatic rings. The van der Waals surface area contributed by atoms with Crippen molar-refractivity contribution in [1.29, 1.82) is 0 Å². The first kappa shape index (κ1) is 17.5.